The highest BCUT2D eigenvalue weighted by Crippen LogP contribution is 2.24. The van der Waals surface area contributed by atoms with Crippen LogP contribution in [0.2, 0.25) is 0 Å². The normalized spacial score (nSPS) is 24.4. The molecule has 1 aromatic rings. The molecule has 0 saturated carbocycles. The minimum Gasteiger partial charge on any atom is -0.475 e. The number of nitrogens with two attached hydrogens (primary N) is 2. The summed E-state index contributed by atoms with van der Waals surface area (Å²) in [5, 5.41) is 27.9. The summed E-state index contributed by atoms with van der Waals surface area (Å²) in [7, 11) is 0. The first-order chi connectivity index (χ1) is 17.2. The van der Waals surface area contributed by atoms with Crippen molar-refractivity contribution in [2.24, 2.45) is 11.5 Å². The highest BCUT2D eigenvalue weighted by atomic mass is 19.4. The molecule has 2 saturated heterocycles. The number of guanidine groups is 1. The zero-order chi connectivity index (χ0) is 27.8. The molecule has 0 aliphatic carbocycles. The predicted octanol–water partition coefficient (Wildman–Crippen LogP) is 0.365. The van der Waals surface area contributed by atoms with Crippen LogP contribution < -0.4 is 16.8 Å². The van der Waals surface area contributed by atoms with E-state index in [1.807, 2.05) is 30.3 Å². The van der Waals surface area contributed by atoms with Crippen molar-refractivity contribution in [3.8, 4) is 0 Å². The number of piperidine rings is 1. The molecule has 37 heavy (non-hydrogen) atoms. The molecule has 8 N–H and O–H groups in total. The zero-order valence-electron chi connectivity index (χ0n) is 20.2. The second kappa shape index (κ2) is 12.7. The quantitative estimate of drug-likeness (QED) is 0.233. The van der Waals surface area contributed by atoms with Gasteiger partial charge in [-0.3, -0.25) is 15.0 Å². The molecule has 2 amide bonds. The number of hydrogen-bond acceptors (Lipinski definition) is 6. The third kappa shape index (κ3) is 8.60. The van der Waals surface area contributed by atoms with Crippen molar-refractivity contribution < 1.29 is 37.8 Å². The summed E-state index contributed by atoms with van der Waals surface area (Å²) in [4.78, 5) is 37.7. The molecule has 3 rings (SSSR count). The molecule has 14 heteroatoms. The Kier molecular flexibility index (Phi) is 10.3. The summed E-state index contributed by atoms with van der Waals surface area (Å²) >= 11 is 0. The molecule has 1 aromatic carbocycles. The molecule has 0 radical (unpaired) electrons. The standard InChI is InChI=1S/C21H32N6O3.C2HF3O2/c22-20(23)27-12-6-9-16(18(27)29)25-17(28)14-26-11-5-4-10-21(24,19(26)30)13-15-7-2-1-3-8-15;3-2(4,5)1(6)7/h1-3,7-8,16,18,29H,4-6,9-14,24H2,(H3,22,23)(H,25,28);(H,6,7)/t16-,18?,21-;/m0./s1. The van der Waals surface area contributed by atoms with Gasteiger partial charge in [0.05, 0.1) is 18.1 Å². The Hall–Kier alpha value is -3.39. The molecular formula is C23H33F3N6O5. The van der Waals surface area contributed by atoms with Crippen molar-refractivity contribution in [2.75, 3.05) is 19.6 Å². The molecule has 3 atom stereocenters. The first kappa shape index (κ1) is 29.8. The summed E-state index contributed by atoms with van der Waals surface area (Å²) in [6.45, 7) is 0.852. The van der Waals surface area contributed by atoms with Crippen LogP contribution in [-0.4, -0.2) is 87.4 Å². The average molecular weight is 531 g/mol. The molecule has 2 fully saturated rings. The third-order valence-electron chi connectivity index (χ3n) is 6.20. The van der Waals surface area contributed by atoms with E-state index in [4.69, 9.17) is 26.8 Å². The maximum absolute atomic E-state index is 13.2. The molecule has 2 aliphatic rings. The summed E-state index contributed by atoms with van der Waals surface area (Å²) in [5.74, 6) is -3.54. The summed E-state index contributed by atoms with van der Waals surface area (Å²) in [6.07, 6.45) is -2.23. The molecule has 0 spiro atoms. The lowest BCUT2D eigenvalue weighted by Crippen LogP contribution is -2.60. The smallest absolute Gasteiger partial charge is 0.475 e. The van der Waals surface area contributed by atoms with Crippen molar-refractivity contribution >= 4 is 23.7 Å². The number of nitrogens with zero attached hydrogens (tertiary/aromatic N) is 2. The van der Waals surface area contributed by atoms with Gasteiger partial charge in [0.25, 0.3) is 0 Å². The van der Waals surface area contributed by atoms with Gasteiger partial charge >= 0.3 is 12.1 Å². The van der Waals surface area contributed by atoms with Gasteiger partial charge in [-0.1, -0.05) is 30.3 Å². The average Bonchev–Trinajstić information content (AvgIpc) is 2.94. The Morgan fingerprint density at radius 2 is 1.78 bits per heavy atom. The number of amides is 2. The van der Waals surface area contributed by atoms with E-state index in [2.05, 4.69) is 5.32 Å². The molecule has 206 valence electrons. The first-order valence-corrected chi connectivity index (χ1v) is 11.7. The second-order valence-corrected chi connectivity index (χ2v) is 9.11. The van der Waals surface area contributed by atoms with Crippen molar-refractivity contribution in [3.63, 3.8) is 0 Å². The van der Waals surface area contributed by atoms with Crippen LogP contribution in [-0.2, 0) is 20.8 Å². The van der Waals surface area contributed by atoms with Crippen LogP contribution in [0.3, 0.4) is 0 Å². The third-order valence-corrected chi connectivity index (χ3v) is 6.20. The molecule has 2 heterocycles. The Morgan fingerprint density at radius 1 is 1.16 bits per heavy atom. The number of hydrogen-bond donors (Lipinski definition) is 6. The van der Waals surface area contributed by atoms with Gasteiger partial charge in [0.1, 0.15) is 6.23 Å². The number of aliphatic hydroxyl groups is 1. The lowest BCUT2D eigenvalue weighted by Gasteiger charge is -2.38. The first-order valence-electron chi connectivity index (χ1n) is 11.7. The Bertz CT molecular complexity index is 964. The van der Waals surface area contributed by atoms with Crippen LogP contribution in [0.1, 0.15) is 37.7 Å². The van der Waals surface area contributed by atoms with Gasteiger partial charge < -0.3 is 36.8 Å². The van der Waals surface area contributed by atoms with Crippen molar-refractivity contribution in [1.29, 1.82) is 5.41 Å². The topological polar surface area (TPSA) is 186 Å². The van der Waals surface area contributed by atoms with E-state index in [1.165, 1.54) is 9.80 Å². The molecule has 0 aromatic heterocycles. The number of likely N-dealkylation sites (tertiary alicyclic amines) is 2. The Morgan fingerprint density at radius 3 is 2.35 bits per heavy atom. The number of alkyl halides is 3. The fourth-order valence-electron chi connectivity index (χ4n) is 4.36. The number of carboxylic acids is 1. The maximum atomic E-state index is 13.2. The highest BCUT2D eigenvalue weighted by Gasteiger charge is 2.40. The monoisotopic (exact) mass is 530 g/mol. The van der Waals surface area contributed by atoms with Gasteiger partial charge in [-0.05, 0) is 44.1 Å². The number of nitrogens with one attached hydrogen (secondary N) is 2. The van der Waals surface area contributed by atoms with E-state index in [1.54, 1.807) is 0 Å². The van der Waals surface area contributed by atoms with E-state index in [0.29, 0.717) is 38.8 Å². The van der Waals surface area contributed by atoms with Gasteiger partial charge in [0.15, 0.2) is 5.96 Å². The van der Waals surface area contributed by atoms with E-state index < -0.39 is 30.0 Å². The van der Waals surface area contributed by atoms with Crippen LogP contribution in [0.4, 0.5) is 13.2 Å². The number of benzene rings is 1. The van der Waals surface area contributed by atoms with Gasteiger partial charge in [-0.2, -0.15) is 13.2 Å². The fourth-order valence-corrected chi connectivity index (χ4v) is 4.36. The van der Waals surface area contributed by atoms with Gasteiger partial charge in [-0.25, -0.2) is 4.79 Å². The zero-order valence-corrected chi connectivity index (χ0v) is 20.2. The SMILES string of the molecule is N=C(N)N1CCC[C@H](NC(=O)CN2CCCC[C@](N)(Cc3ccccc3)C2=O)C1O.O=C(O)C(F)(F)F. The number of aliphatic hydroxyl groups excluding tert-OH is 1. The van der Waals surface area contributed by atoms with Crippen molar-refractivity contribution in [2.45, 2.75) is 62.5 Å². The van der Waals surface area contributed by atoms with Gasteiger partial charge in [0.2, 0.25) is 11.8 Å². The number of carbonyl (C=O) groups is 3. The van der Waals surface area contributed by atoms with E-state index in [-0.39, 0.29) is 24.3 Å². The van der Waals surface area contributed by atoms with Crippen LogP contribution in [0.15, 0.2) is 30.3 Å². The number of rotatable bonds is 5. The van der Waals surface area contributed by atoms with Crippen molar-refractivity contribution in [3.05, 3.63) is 35.9 Å². The van der Waals surface area contributed by atoms with Crippen LogP contribution in [0, 0.1) is 5.41 Å². The van der Waals surface area contributed by atoms with Crippen molar-refractivity contribution in [1.82, 2.24) is 15.1 Å². The minimum atomic E-state index is -5.08. The fraction of sp³-hybridized carbons (Fsp3) is 0.565. The van der Waals surface area contributed by atoms with E-state index in [0.717, 1.165) is 18.4 Å². The number of carbonyl (C=O) groups excluding carboxylic acids is 2. The predicted molar refractivity (Wildman–Crippen MR) is 127 cm³/mol. The van der Waals surface area contributed by atoms with E-state index >= 15 is 0 Å². The molecule has 1 unspecified atom stereocenters. The molecule has 0 bridgehead atoms. The van der Waals surface area contributed by atoms with Gasteiger partial charge in [-0.15, -0.1) is 0 Å². The summed E-state index contributed by atoms with van der Waals surface area (Å²) < 4.78 is 31.7. The minimum absolute atomic E-state index is 0.101. The van der Waals surface area contributed by atoms with Crippen LogP contribution in [0.5, 0.6) is 0 Å². The summed E-state index contributed by atoms with van der Waals surface area (Å²) in [6, 6.07) is 9.13. The number of carboxylic acid groups (broad SMARTS) is 1. The number of aliphatic carboxylic acids is 1. The largest absolute Gasteiger partial charge is 0.490 e. The van der Waals surface area contributed by atoms with Crippen LogP contribution in [0.25, 0.3) is 0 Å². The molecule has 2 aliphatic heterocycles. The number of halogens is 3. The van der Waals surface area contributed by atoms with E-state index in [9.17, 15) is 27.9 Å². The summed E-state index contributed by atoms with van der Waals surface area (Å²) in [5.41, 5.74) is 12.0. The Labute approximate surface area is 212 Å². The van der Waals surface area contributed by atoms with Gasteiger partial charge in [0, 0.05) is 13.1 Å². The lowest BCUT2D eigenvalue weighted by molar-refractivity contribution is -0.192. The molecular weight excluding hydrogens is 497 g/mol. The molecule has 11 nitrogen and oxygen atoms in total. The van der Waals surface area contributed by atoms with Crippen LogP contribution >= 0.6 is 0 Å². The lowest BCUT2D eigenvalue weighted by atomic mass is 9.86. The Balaban J connectivity index is 0.000000604. The highest BCUT2D eigenvalue weighted by molar-refractivity contribution is 5.91. The maximum Gasteiger partial charge on any atom is 0.490 e. The second-order valence-electron chi connectivity index (χ2n) is 9.11.